The van der Waals surface area contributed by atoms with Crippen LogP contribution in [0.25, 0.3) is 0 Å². The highest BCUT2D eigenvalue weighted by molar-refractivity contribution is 7.87. The molecule has 0 aliphatic rings. The molecule has 5 nitrogen and oxygen atoms in total. The van der Waals surface area contributed by atoms with E-state index in [1.165, 1.54) is 4.31 Å². The standard InChI is InChI=1S/C8H19N3O2S2/c1-5-11(6-7(9)14)15(12,13)10-8(2,3)4/h10H,5-6H2,1-4H3,(H2,9,14). The van der Waals surface area contributed by atoms with Crippen LogP contribution < -0.4 is 10.5 Å². The minimum Gasteiger partial charge on any atom is -0.392 e. The number of nitrogens with two attached hydrogens (primary N) is 1. The number of rotatable bonds is 5. The highest BCUT2D eigenvalue weighted by Gasteiger charge is 2.25. The molecule has 90 valence electrons. The molecule has 7 heteroatoms. The number of likely N-dealkylation sites (N-methyl/N-ethyl adjacent to an activating group) is 1. The summed E-state index contributed by atoms with van der Waals surface area (Å²) in [4.78, 5) is 0.163. The maximum atomic E-state index is 11.8. The maximum absolute atomic E-state index is 11.8. The molecule has 0 spiro atoms. The molecule has 0 aromatic rings. The van der Waals surface area contributed by atoms with Crippen molar-refractivity contribution in [3.8, 4) is 0 Å². The van der Waals surface area contributed by atoms with Crippen molar-refractivity contribution >= 4 is 27.4 Å². The Morgan fingerprint density at radius 1 is 1.47 bits per heavy atom. The lowest BCUT2D eigenvalue weighted by Gasteiger charge is -2.26. The molecule has 0 aromatic heterocycles. The summed E-state index contributed by atoms with van der Waals surface area (Å²) in [5, 5.41) is 0. The molecule has 0 atom stereocenters. The SMILES string of the molecule is CCN(CC(N)=S)S(=O)(=O)NC(C)(C)C. The first kappa shape index (κ1) is 14.8. The minimum atomic E-state index is -3.51. The smallest absolute Gasteiger partial charge is 0.280 e. The monoisotopic (exact) mass is 253 g/mol. The molecule has 0 radical (unpaired) electrons. The van der Waals surface area contributed by atoms with Crippen molar-refractivity contribution < 1.29 is 8.42 Å². The fourth-order valence-electron chi connectivity index (χ4n) is 0.992. The minimum absolute atomic E-state index is 0.0667. The van der Waals surface area contributed by atoms with Gasteiger partial charge in [0.15, 0.2) is 0 Å². The fraction of sp³-hybridized carbons (Fsp3) is 0.875. The van der Waals surface area contributed by atoms with Crippen LogP contribution in [0.15, 0.2) is 0 Å². The first-order valence-electron chi connectivity index (χ1n) is 4.66. The Kier molecular flexibility index (Phi) is 5.12. The summed E-state index contributed by atoms with van der Waals surface area (Å²) in [6.07, 6.45) is 0. The molecule has 3 N–H and O–H groups in total. The predicted molar refractivity (Wildman–Crippen MR) is 65.8 cm³/mol. The molecule has 0 heterocycles. The number of hydrogen-bond donors (Lipinski definition) is 2. The molecule has 0 aliphatic carbocycles. The third-order valence-electron chi connectivity index (χ3n) is 1.46. The van der Waals surface area contributed by atoms with Gasteiger partial charge in [0, 0.05) is 12.1 Å². The van der Waals surface area contributed by atoms with E-state index in [-0.39, 0.29) is 11.5 Å². The first-order valence-corrected chi connectivity index (χ1v) is 6.50. The van der Waals surface area contributed by atoms with E-state index in [0.29, 0.717) is 6.54 Å². The third kappa shape index (κ3) is 6.03. The van der Waals surface area contributed by atoms with E-state index in [1.54, 1.807) is 27.7 Å². The lowest BCUT2D eigenvalue weighted by Crippen LogP contribution is -2.50. The second-order valence-electron chi connectivity index (χ2n) is 4.25. The van der Waals surface area contributed by atoms with E-state index in [0.717, 1.165) is 0 Å². The summed E-state index contributed by atoms with van der Waals surface area (Å²) >= 11 is 4.69. The van der Waals surface area contributed by atoms with Gasteiger partial charge in [0.1, 0.15) is 0 Å². The van der Waals surface area contributed by atoms with E-state index in [2.05, 4.69) is 4.72 Å². The summed E-state index contributed by atoms with van der Waals surface area (Å²) in [5.74, 6) is 0. The van der Waals surface area contributed by atoms with Crippen LogP contribution in [-0.4, -0.2) is 36.3 Å². The molecule has 0 rings (SSSR count). The summed E-state index contributed by atoms with van der Waals surface area (Å²) in [6.45, 7) is 7.47. The second-order valence-corrected chi connectivity index (χ2v) is 6.44. The molecule has 0 fully saturated rings. The van der Waals surface area contributed by atoms with Crippen molar-refractivity contribution in [2.45, 2.75) is 33.2 Å². The van der Waals surface area contributed by atoms with Crippen molar-refractivity contribution in [1.29, 1.82) is 0 Å². The van der Waals surface area contributed by atoms with Crippen molar-refractivity contribution in [3.63, 3.8) is 0 Å². The average molecular weight is 253 g/mol. The highest BCUT2D eigenvalue weighted by Crippen LogP contribution is 2.06. The van der Waals surface area contributed by atoms with Gasteiger partial charge in [0.2, 0.25) is 0 Å². The number of hydrogen-bond acceptors (Lipinski definition) is 3. The van der Waals surface area contributed by atoms with Gasteiger partial charge in [0.05, 0.1) is 11.5 Å². The zero-order valence-corrected chi connectivity index (χ0v) is 11.2. The highest BCUT2D eigenvalue weighted by atomic mass is 32.2. The summed E-state index contributed by atoms with van der Waals surface area (Å²) < 4.78 is 27.4. The molecule has 0 saturated heterocycles. The molecular formula is C8H19N3O2S2. The molecule has 15 heavy (non-hydrogen) atoms. The van der Waals surface area contributed by atoms with Gasteiger partial charge in [-0.3, -0.25) is 0 Å². The van der Waals surface area contributed by atoms with E-state index in [1.807, 2.05) is 0 Å². The predicted octanol–water partition coefficient (Wildman–Crippen LogP) is 0.227. The van der Waals surface area contributed by atoms with E-state index >= 15 is 0 Å². The summed E-state index contributed by atoms with van der Waals surface area (Å²) in [5.41, 5.74) is 4.82. The maximum Gasteiger partial charge on any atom is 0.280 e. The normalized spacial score (nSPS) is 13.1. The Morgan fingerprint density at radius 2 is 1.93 bits per heavy atom. The Bertz CT molecular complexity index is 319. The largest absolute Gasteiger partial charge is 0.392 e. The van der Waals surface area contributed by atoms with Gasteiger partial charge in [0.25, 0.3) is 10.2 Å². The van der Waals surface area contributed by atoms with Crippen LogP contribution in [0.3, 0.4) is 0 Å². The van der Waals surface area contributed by atoms with Gasteiger partial charge in [-0.1, -0.05) is 19.1 Å². The van der Waals surface area contributed by atoms with Crippen molar-refractivity contribution in [3.05, 3.63) is 0 Å². The molecule has 0 aromatic carbocycles. The molecule has 0 bridgehead atoms. The van der Waals surface area contributed by atoms with Crippen LogP contribution in [-0.2, 0) is 10.2 Å². The zero-order chi connectivity index (χ0) is 12.3. The molecule has 0 saturated carbocycles. The van der Waals surface area contributed by atoms with Gasteiger partial charge < -0.3 is 5.73 Å². The van der Waals surface area contributed by atoms with Crippen LogP contribution in [0, 0.1) is 0 Å². The quantitative estimate of drug-likeness (QED) is 0.688. The topological polar surface area (TPSA) is 75.4 Å². The van der Waals surface area contributed by atoms with Crippen LogP contribution in [0.2, 0.25) is 0 Å². The fourth-order valence-corrected chi connectivity index (χ4v) is 2.78. The second kappa shape index (κ2) is 5.20. The molecule has 0 aliphatic heterocycles. The van der Waals surface area contributed by atoms with Gasteiger partial charge in [-0.25, -0.2) is 0 Å². The van der Waals surface area contributed by atoms with Gasteiger partial charge in [-0.15, -0.1) is 0 Å². The molecular weight excluding hydrogens is 234 g/mol. The van der Waals surface area contributed by atoms with E-state index in [9.17, 15) is 8.42 Å². The first-order chi connectivity index (χ1) is 6.58. The Hall–Kier alpha value is -0.240. The summed E-state index contributed by atoms with van der Waals surface area (Å²) in [7, 11) is -3.51. The number of nitrogens with one attached hydrogen (secondary N) is 1. The Morgan fingerprint density at radius 3 is 2.20 bits per heavy atom. The van der Waals surface area contributed by atoms with Gasteiger partial charge in [-0.2, -0.15) is 17.4 Å². The Labute approximate surface area is 97.2 Å². The summed E-state index contributed by atoms with van der Waals surface area (Å²) in [6, 6.07) is 0. The van der Waals surface area contributed by atoms with Crippen LogP contribution in [0.1, 0.15) is 27.7 Å². The van der Waals surface area contributed by atoms with Crippen molar-refractivity contribution in [2.75, 3.05) is 13.1 Å². The van der Waals surface area contributed by atoms with E-state index in [4.69, 9.17) is 18.0 Å². The number of thiocarbonyl (C=S) groups is 1. The van der Waals surface area contributed by atoms with E-state index < -0.39 is 15.7 Å². The van der Waals surface area contributed by atoms with Gasteiger partial charge >= 0.3 is 0 Å². The third-order valence-corrected chi connectivity index (χ3v) is 3.53. The zero-order valence-electron chi connectivity index (χ0n) is 9.57. The number of nitrogens with zero attached hydrogens (tertiary/aromatic N) is 1. The average Bonchev–Trinajstić information content (AvgIpc) is 1.94. The van der Waals surface area contributed by atoms with Gasteiger partial charge in [-0.05, 0) is 20.8 Å². The van der Waals surface area contributed by atoms with Crippen LogP contribution >= 0.6 is 12.2 Å². The van der Waals surface area contributed by atoms with Crippen molar-refractivity contribution in [1.82, 2.24) is 9.03 Å². The molecule has 0 amide bonds. The van der Waals surface area contributed by atoms with Crippen LogP contribution in [0.5, 0.6) is 0 Å². The van der Waals surface area contributed by atoms with Crippen molar-refractivity contribution in [2.24, 2.45) is 5.73 Å². The van der Waals surface area contributed by atoms with Crippen LogP contribution in [0.4, 0.5) is 0 Å². The molecule has 0 unspecified atom stereocenters. The lowest BCUT2D eigenvalue weighted by atomic mass is 10.1. The Balaban J connectivity index is 4.75. The lowest BCUT2D eigenvalue weighted by molar-refractivity contribution is 0.422.